The largest absolute Gasteiger partial charge is 0.286 e. The van der Waals surface area contributed by atoms with E-state index in [9.17, 15) is 0 Å². The van der Waals surface area contributed by atoms with Crippen LogP contribution in [0.3, 0.4) is 0 Å². The van der Waals surface area contributed by atoms with Crippen LogP contribution >= 0.6 is 0 Å². The molecule has 0 N–H and O–H groups in total. The first-order valence-electron chi connectivity index (χ1n) is 13.0. The van der Waals surface area contributed by atoms with Gasteiger partial charge in [-0.15, -0.1) is 12.1 Å². The van der Waals surface area contributed by atoms with Crippen molar-refractivity contribution in [2.45, 2.75) is 39.0 Å². The highest BCUT2D eigenvalue weighted by Crippen LogP contribution is 2.51. The lowest BCUT2D eigenvalue weighted by Gasteiger charge is -2.25. The predicted octanol–water partition coefficient (Wildman–Crippen LogP) is 8.43. The summed E-state index contributed by atoms with van der Waals surface area (Å²) in [6, 6.07) is 22.6. The van der Waals surface area contributed by atoms with Crippen molar-refractivity contribution in [3.8, 4) is 11.1 Å². The first-order valence-corrected chi connectivity index (χ1v) is 13.0. The number of hydrogen-bond acceptors (Lipinski definition) is 0. The number of rotatable bonds is 4. The number of hydrogen-bond donors (Lipinski definition) is 0. The van der Waals surface area contributed by atoms with E-state index in [1.807, 2.05) is 4.58 Å². The summed E-state index contributed by atoms with van der Waals surface area (Å²) < 4.78 is 8.62. The smallest absolute Gasteiger partial charge is 0.279 e. The molecule has 4 aromatic rings. The average molecular weight is 458 g/mol. The summed E-state index contributed by atoms with van der Waals surface area (Å²) in [5.74, 6) is 2.77. The Morgan fingerprint density at radius 1 is 1.00 bits per heavy atom. The molecule has 2 heterocycles. The van der Waals surface area contributed by atoms with E-state index in [4.69, 9.17) is 4.42 Å². The maximum atomic E-state index is 6.61. The van der Waals surface area contributed by atoms with Crippen LogP contribution < -0.4 is 0 Å². The summed E-state index contributed by atoms with van der Waals surface area (Å²) in [5, 5.41) is 2.33. The normalized spacial score (nSPS) is 23.6. The van der Waals surface area contributed by atoms with Crippen LogP contribution in [0.1, 0.15) is 43.2 Å². The maximum Gasteiger partial charge on any atom is 0.279 e. The molecule has 2 saturated carbocycles. The van der Waals surface area contributed by atoms with Gasteiger partial charge in [0.05, 0.1) is 12.3 Å². The molecule has 0 radical (unpaired) electrons. The monoisotopic (exact) mass is 457 g/mol. The van der Waals surface area contributed by atoms with Gasteiger partial charge in [0.2, 0.25) is 0 Å². The van der Waals surface area contributed by atoms with Crippen molar-refractivity contribution in [2.75, 3.05) is 0 Å². The lowest BCUT2D eigenvalue weighted by Crippen LogP contribution is -2.18. The lowest BCUT2D eigenvalue weighted by molar-refractivity contribution is -0.418. The second-order valence-electron chi connectivity index (χ2n) is 10.8. The molecule has 2 aliphatic carbocycles. The van der Waals surface area contributed by atoms with E-state index in [1.165, 1.54) is 59.8 Å². The molecular formula is C33H31NO. The van der Waals surface area contributed by atoms with Crippen molar-refractivity contribution in [2.24, 2.45) is 17.8 Å². The van der Waals surface area contributed by atoms with Crippen LogP contribution in [0.2, 0.25) is 0 Å². The van der Waals surface area contributed by atoms with Crippen LogP contribution in [0.5, 0.6) is 0 Å². The highest BCUT2D eigenvalue weighted by molar-refractivity contribution is 6.07. The molecule has 0 spiro atoms. The number of benzene rings is 3. The first-order chi connectivity index (χ1) is 17.1. The Labute approximate surface area is 207 Å². The van der Waals surface area contributed by atoms with Gasteiger partial charge < -0.3 is 0 Å². The SMILES string of the molecule is C=[N+]1C=CC(CC2CC3CCC2C3)=C[C-]1c1c(C)ccc2c1[o+][c-]1cc(-c3ccccc3)ccc21. The molecular weight excluding hydrogens is 426 g/mol. The number of furan rings is 1. The van der Waals surface area contributed by atoms with Crippen molar-refractivity contribution >= 4 is 28.7 Å². The number of nitrogens with zero attached hydrogens (tertiary/aromatic N) is 1. The van der Waals surface area contributed by atoms with Crippen LogP contribution in [0.4, 0.5) is 0 Å². The molecule has 3 unspecified atom stereocenters. The number of allylic oxidation sites excluding steroid dienone is 2. The molecule has 0 saturated heterocycles. The van der Waals surface area contributed by atoms with Gasteiger partial charge in [-0.1, -0.05) is 84.1 Å². The van der Waals surface area contributed by atoms with Crippen molar-refractivity contribution in [1.29, 1.82) is 0 Å². The molecule has 35 heavy (non-hydrogen) atoms. The molecule has 2 heteroatoms. The van der Waals surface area contributed by atoms with Gasteiger partial charge in [-0.3, -0.25) is 8.99 Å². The zero-order valence-electron chi connectivity index (χ0n) is 20.3. The van der Waals surface area contributed by atoms with Gasteiger partial charge in [0.15, 0.2) is 6.04 Å². The number of fused-ring (bicyclic) bond motifs is 5. The predicted molar refractivity (Wildman–Crippen MR) is 144 cm³/mol. The van der Waals surface area contributed by atoms with E-state index in [0.717, 1.165) is 45.9 Å². The van der Waals surface area contributed by atoms with E-state index in [-0.39, 0.29) is 0 Å². The summed E-state index contributed by atoms with van der Waals surface area (Å²) in [7, 11) is 0. The Bertz CT molecular complexity index is 1520. The van der Waals surface area contributed by atoms with E-state index in [1.54, 1.807) is 0 Å². The molecule has 1 aromatic heterocycles. The quantitative estimate of drug-likeness (QED) is 0.170. The summed E-state index contributed by atoms with van der Waals surface area (Å²) in [6.45, 7) is 6.52. The van der Waals surface area contributed by atoms with E-state index in [0.29, 0.717) is 0 Å². The molecule has 2 nitrogen and oxygen atoms in total. The van der Waals surface area contributed by atoms with E-state index >= 15 is 0 Å². The maximum absolute atomic E-state index is 6.61. The fraction of sp³-hybridized carbons (Fsp3) is 0.273. The summed E-state index contributed by atoms with van der Waals surface area (Å²) in [4.78, 5) is 0. The molecule has 2 fully saturated rings. The molecule has 0 amide bonds. The first kappa shape index (κ1) is 20.8. The van der Waals surface area contributed by atoms with Crippen LogP contribution in [0, 0.1) is 30.7 Å². The summed E-state index contributed by atoms with van der Waals surface area (Å²) in [6.07, 6.45) is 13.7. The molecule has 174 valence electrons. The van der Waals surface area contributed by atoms with Gasteiger partial charge in [0.1, 0.15) is 6.20 Å². The van der Waals surface area contributed by atoms with Crippen LogP contribution in [-0.2, 0) is 0 Å². The Balaban J connectivity index is 1.30. The Kier molecular flexibility index (Phi) is 4.77. The van der Waals surface area contributed by atoms with Crippen molar-refractivity contribution in [1.82, 2.24) is 0 Å². The minimum Gasteiger partial charge on any atom is -0.286 e. The van der Waals surface area contributed by atoms with E-state index in [2.05, 4.69) is 92.7 Å². The van der Waals surface area contributed by atoms with Gasteiger partial charge in [0.25, 0.3) is 11.2 Å². The van der Waals surface area contributed by atoms with Crippen LogP contribution in [0.15, 0.2) is 89.0 Å². The third-order valence-electron chi connectivity index (χ3n) is 8.70. The molecule has 7 rings (SSSR count). The third-order valence-corrected chi connectivity index (χ3v) is 8.70. The van der Waals surface area contributed by atoms with E-state index < -0.39 is 0 Å². The third kappa shape index (κ3) is 3.46. The Hall–Kier alpha value is -3.52. The van der Waals surface area contributed by atoms with Crippen molar-refractivity contribution in [3.63, 3.8) is 0 Å². The van der Waals surface area contributed by atoms with Gasteiger partial charge in [-0.2, -0.15) is 0 Å². The molecule has 3 atom stereocenters. The minimum atomic E-state index is 0.849. The number of aryl methyl sites for hydroxylation is 1. The second-order valence-corrected chi connectivity index (χ2v) is 10.8. The fourth-order valence-corrected chi connectivity index (χ4v) is 6.91. The van der Waals surface area contributed by atoms with Gasteiger partial charge in [0, 0.05) is 0 Å². The van der Waals surface area contributed by atoms with Gasteiger partial charge in [-0.05, 0) is 66.4 Å². The molecule has 1 aliphatic heterocycles. The zero-order valence-corrected chi connectivity index (χ0v) is 20.3. The lowest BCUT2D eigenvalue weighted by atomic mass is 9.83. The average Bonchev–Trinajstić information content (AvgIpc) is 3.60. The second kappa shape index (κ2) is 8.02. The molecule has 3 aromatic carbocycles. The summed E-state index contributed by atoms with van der Waals surface area (Å²) in [5.41, 5.74) is 8.07. The van der Waals surface area contributed by atoms with Crippen LogP contribution in [-0.4, -0.2) is 11.3 Å². The zero-order chi connectivity index (χ0) is 23.5. The highest BCUT2D eigenvalue weighted by atomic mass is 16.3. The Morgan fingerprint density at radius 3 is 2.69 bits per heavy atom. The van der Waals surface area contributed by atoms with Gasteiger partial charge in [-0.25, -0.2) is 0 Å². The summed E-state index contributed by atoms with van der Waals surface area (Å²) >= 11 is 0. The van der Waals surface area contributed by atoms with Gasteiger partial charge >= 0.3 is 0 Å². The topological polar surface area (TPSA) is 14.3 Å². The minimum absolute atomic E-state index is 0.849. The molecule has 2 bridgehead atoms. The highest BCUT2D eigenvalue weighted by Gasteiger charge is 2.39. The Morgan fingerprint density at radius 2 is 1.89 bits per heavy atom. The van der Waals surface area contributed by atoms with Crippen molar-refractivity contribution in [3.05, 3.63) is 102 Å². The van der Waals surface area contributed by atoms with Crippen LogP contribution in [0.25, 0.3) is 33.1 Å². The van der Waals surface area contributed by atoms with Crippen molar-refractivity contribution < 1.29 is 8.99 Å². The molecule has 3 aliphatic rings. The fourth-order valence-electron chi connectivity index (χ4n) is 6.91. The standard InChI is InChI=1S/C33H31NO/c1-21-8-12-29-28-13-11-26(24-6-4-3-5-7-24)20-31(28)35-33(29)32(21)30-19-23(14-15-34(30)2)18-27-17-22-9-10-25(27)16-22/h3-8,11-15,19-20,22,25,27H,2,9-10,16-18H2,1H3.